The van der Waals surface area contributed by atoms with Gasteiger partial charge < -0.3 is 29.7 Å². The summed E-state index contributed by atoms with van der Waals surface area (Å²) in [5.74, 6) is -0.268. The van der Waals surface area contributed by atoms with Gasteiger partial charge in [-0.15, -0.1) is 0 Å². The fourth-order valence-corrected chi connectivity index (χ4v) is 3.09. The van der Waals surface area contributed by atoms with Crippen molar-refractivity contribution < 1.29 is 29.6 Å². The molecule has 1 aliphatic carbocycles. The van der Waals surface area contributed by atoms with Gasteiger partial charge in [0.05, 0.1) is 0 Å². The molecule has 1 fully saturated rings. The fourth-order valence-electron chi connectivity index (χ4n) is 3.09. The lowest BCUT2D eigenvalue weighted by Crippen LogP contribution is -2.50. The van der Waals surface area contributed by atoms with Crippen molar-refractivity contribution in [3.8, 4) is 0 Å². The predicted molar refractivity (Wildman–Crippen MR) is 89.1 cm³/mol. The number of aliphatic hydroxyl groups excluding tert-OH is 1. The van der Waals surface area contributed by atoms with Gasteiger partial charge in [-0.1, -0.05) is 18.2 Å². The van der Waals surface area contributed by atoms with Gasteiger partial charge in [0.15, 0.2) is 17.1 Å². The molecule has 2 aliphatic heterocycles. The molecule has 25 heavy (non-hydrogen) atoms. The number of aliphatic carboxylic acids is 1. The van der Waals surface area contributed by atoms with Crippen molar-refractivity contribution in [3.05, 3.63) is 47.8 Å². The summed E-state index contributed by atoms with van der Waals surface area (Å²) in [5.41, 5.74) is -0.646. The standard InChI is InChI=1S/C18H23NO6/c20-14(10-19-8-6-18(23,7-9-19)17(21)22)16-12-24-11-15(25-16)13-4-2-1-3-5-13/h1-2,4,11-12,14,20,23H,3,5-10H2,(H,21,22)/t14-/m0/s1. The van der Waals surface area contributed by atoms with Crippen molar-refractivity contribution in [2.24, 2.45) is 0 Å². The summed E-state index contributed by atoms with van der Waals surface area (Å²) in [6.07, 6.45) is 10.1. The van der Waals surface area contributed by atoms with Gasteiger partial charge in [-0.2, -0.15) is 0 Å². The zero-order chi connectivity index (χ0) is 17.9. The molecule has 7 heteroatoms. The van der Waals surface area contributed by atoms with E-state index in [9.17, 15) is 15.0 Å². The normalized spacial score (nSPS) is 24.3. The van der Waals surface area contributed by atoms with E-state index in [1.807, 2.05) is 17.1 Å². The Kier molecular flexibility index (Phi) is 5.27. The molecule has 0 unspecified atom stereocenters. The molecule has 2 heterocycles. The first-order chi connectivity index (χ1) is 12.0. The first kappa shape index (κ1) is 17.7. The number of allylic oxidation sites excluding steroid dienone is 4. The zero-order valence-electron chi connectivity index (χ0n) is 13.9. The molecule has 0 spiro atoms. The monoisotopic (exact) mass is 349 g/mol. The number of hydrogen-bond donors (Lipinski definition) is 3. The molecule has 3 aliphatic rings. The summed E-state index contributed by atoms with van der Waals surface area (Å²) >= 11 is 0. The SMILES string of the molecule is O=C(O)C1(O)CCN(C[C@H](O)C2=COC=C(C3=CC=CCC3)O2)CC1. The Balaban J connectivity index is 1.53. The Labute approximate surface area is 146 Å². The lowest BCUT2D eigenvalue weighted by atomic mass is 9.91. The summed E-state index contributed by atoms with van der Waals surface area (Å²) in [5, 5.41) is 29.4. The van der Waals surface area contributed by atoms with Crippen LogP contribution in [0.1, 0.15) is 25.7 Å². The first-order valence-corrected chi connectivity index (χ1v) is 8.44. The number of hydrogen-bond acceptors (Lipinski definition) is 6. The number of β-amino-alcohol motifs (C(OH)–C–C–N with tert-alkyl or cyclic N) is 1. The van der Waals surface area contributed by atoms with Crippen LogP contribution in [-0.4, -0.2) is 57.5 Å². The van der Waals surface area contributed by atoms with Crippen LogP contribution < -0.4 is 0 Å². The molecule has 0 saturated carbocycles. The van der Waals surface area contributed by atoms with Crippen LogP contribution in [0.2, 0.25) is 0 Å². The molecule has 7 nitrogen and oxygen atoms in total. The number of piperidine rings is 1. The van der Waals surface area contributed by atoms with E-state index in [1.54, 1.807) is 0 Å². The van der Waals surface area contributed by atoms with Crippen LogP contribution in [0.5, 0.6) is 0 Å². The van der Waals surface area contributed by atoms with Crippen LogP contribution in [0.15, 0.2) is 47.8 Å². The molecule has 0 aromatic carbocycles. The minimum Gasteiger partial charge on any atom is -0.479 e. The third kappa shape index (κ3) is 4.12. The smallest absolute Gasteiger partial charge is 0.335 e. The highest BCUT2D eigenvalue weighted by atomic mass is 16.6. The average molecular weight is 349 g/mol. The van der Waals surface area contributed by atoms with Crippen molar-refractivity contribution in [2.45, 2.75) is 37.4 Å². The highest BCUT2D eigenvalue weighted by Crippen LogP contribution is 2.28. The lowest BCUT2D eigenvalue weighted by molar-refractivity contribution is -0.163. The van der Waals surface area contributed by atoms with Crippen molar-refractivity contribution in [3.63, 3.8) is 0 Å². The van der Waals surface area contributed by atoms with Gasteiger partial charge in [0.25, 0.3) is 0 Å². The minimum atomic E-state index is -1.66. The minimum absolute atomic E-state index is 0.135. The second-order valence-corrected chi connectivity index (χ2v) is 6.55. The number of carboxylic acid groups (broad SMARTS) is 1. The molecule has 0 amide bonds. The Morgan fingerprint density at radius 1 is 1.32 bits per heavy atom. The molecule has 1 atom stereocenters. The number of carbonyl (C=O) groups is 1. The van der Waals surface area contributed by atoms with E-state index in [2.05, 4.69) is 6.08 Å². The van der Waals surface area contributed by atoms with Crippen LogP contribution in [-0.2, 0) is 14.3 Å². The van der Waals surface area contributed by atoms with Crippen LogP contribution in [0.25, 0.3) is 0 Å². The number of likely N-dealkylation sites (tertiary alicyclic amines) is 1. The summed E-state index contributed by atoms with van der Waals surface area (Å²) in [6.45, 7) is 1.08. The Hall–Kier alpha value is -2.09. The summed E-state index contributed by atoms with van der Waals surface area (Å²) in [4.78, 5) is 13.0. The van der Waals surface area contributed by atoms with Gasteiger partial charge in [-0.25, -0.2) is 4.79 Å². The van der Waals surface area contributed by atoms with Gasteiger partial charge in [0, 0.05) is 19.6 Å². The zero-order valence-corrected chi connectivity index (χ0v) is 13.9. The van der Waals surface area contributed by atoms with E-state index in [0.29, 0.717) is 24.6 Å². The molecule has 0 bridgehead atoms. The maximum Gasteiger partial charge on any atom is 0.335 e. The fraction of sp³-hybridized carbons (Fsp3) is 0.500. The summed E-state index contributed by atoms with van der Waals surface area (Å²) < 4.78 is 11.1. The van der Waals surface area contributed by atoms with E-state index < -0.39 is 17.7 Å². The molecule has 0 aromatic rings. The quantitative estimate of drug-likeness (QED) is 0.687. The molecule has 0 aromatic heterocycles. The van der Waals surface area contributed by atoms with Crippen LogP contribution in [0.4, 0.5) is 0 Å². The molecule has 3 N–H and O–H groups in total. The first-order valence-electron chi connectivity index (χ1n) is 8.44. The number of rotatable bonds is 5. The van der Waals surface area contributed by atoms with Gasteiger partial charge in [0.1, 0.15) is 18.6 Å². The van der Waals surface area contributed by atoms with Gasteiger partial charge in [-0.05, 0) is 31.3 Å². The van der Waals surface area contributed by atoms with Crippen LogP contribution in [0, 0.1) is 0 Å². The second-order valence-electron chi connectivity index (χ2n) is 6.55. The maximum absolute atomic E-state index is 11.1. The topological polar surface area (TPSA) is 99.5 Å². The molecule has 0 radical (unpaired) electrons. The van der Waals surface area contributed by atoms with Crippen molar-refractivity contribution in [1.82, 2.24) is 4.90 Å². The van der Waals surface area contributed by atoms with Crippen molar-refractivity contribution in [1.29, 1.82) is 0 Å². The van der Waals surface area contributed by atoms with E-state index in [4.69, 9.17) is 14.6 Å². The molecule has 3 rings (SSSR count). The van der Waals surface area contributed by atoms with E-state index in [0.717, 1.165) is 18.4 Å². The second kappa shape index (κ2) is 7.43. The van der Waals surface area contributed by atoms with E-state index in [1.165, 1.54) is 12.5 Å². The largest absolute Gasteiger partial charge is 0.479 e. The summed E-state index contributed by atoms with van der Waals surface area (Å²) in [6, 6.07) is 0. The average Bonchev–Trinajstić information content (AvgIpc) is 2.64. The van der Waals surface area contributed by atoms with E-state index in [-0.39, 0.29) is 19.4 Å². The highest BCUT2D eigenvalue weighted by molar-refractivity contribution is 5.77. The predicted octanol–water partition coefficient (Wildman–Crippen LogP) is 1.26. The maximum atomic E-state index is 11.1. The van der Waals surface area contributed by atoms with Crippen LogP contribution >= 0.6 is 0 Å². The molecular weight excluding hydrogens is 326 g/mol. The number of nitrogens with zero attached hydrogens (tertiary/aromatic N) is 1. The number of aliphatic hydroxyl groups is 2. The lowest BCUT2D eigenvalue weighted by Gasteiger charge is -2.36. The van der Waals surface area contributed by atoms with Crippen molar-refractivity contribution in [2.75, 3.05) is 19.6 Å². The van der Waals surface area contributed by atoms with Crippen LogP contribution in [0.3, 0.4) is 0 Å². The number of carboxylic acids is 1. The third-order valence-corrected chi connectivity index (χ3v) is 4.76. The highest BCUT2D eigenvalue weighted by Gasteiger charge is 2.39. The van der Waals surface area contributed by atoms with Crippen molar-refractivity contribution >= 4 is 5.97 Å². The number of ether oxygens (including phenoxy) is 2. The van der Waals surface area contributed by atoms with E-state index >= 15 is 0 Å². The molecular formula is C18H23NO6. The molecule has 1 saturated heterocycles. The summed E-state index contributed by atoms with van der Waals surface area (Å²) in [7, 11) is 0. The Morgan fingerprint density at radius 2 is 2.08 bits per heavy atom. The third-order valence-electron chi connectivity index (χ3n) is 4.76. The van der Waals surface area contributed by atoms with Gasteiger partial charge >= 0.3 is 5.97 Å². The Morgan fingerprint density at radius 3 is 2.72 bits per heavy atom. The Bertz CT molecular complexity index is 640. The van der Waals surface area contributed by atoms with Gasteiger partial charge in [0.2, 0.25) is 0 Å². The van der Waals surface area contributed by atoms with Gasteiger partial charge in [-0.3, -0.25) is 0 Å². The molecule has 136 valence electrons.